The number of nitrogens with two attached hydrogens (primary N) is 1. The minimum absolute atomic E-state index is 0.0293. The number of quaternary nitrogens is 1. The van der Waals surface area contributed by atoms with Gasteiger partial charge < -0.3 is 10.1 Å². The third-order valence-electron chi connectivity index (χ3n) is 8.49. The van der Waals surface area contributed by atoms with E-state index in [1.807, 2.05) is 0 Å². The second kappa shape index (κ2) is 11.0. The van der Waals surface area contributed by atoms with Crippen molar-refractivity contribution in [2.45, 2.75) is 101 Å². The number of piperidine rings is 1. The van der Waals surface area contributed by atoms with Gasteiger partial charge in [0.1, 0.15) is 18.8 Å². The summed E-state index contributed by atoms with van der Waals surface area (Å²) in [5.41, 5.74) is 0. The SMILES string of the molecule is COC(=O)[C@H]1CC2[NH2+]CN(CC3CCC(Cl)CC3)C2CN1CCCC1CCCCC1. The molecule has 2 unspecified atom stereocenters. The van der Waals surface area contributed by atoms with Crippen molar-refractivity contribution >= 4 is 17.6 Å². The molecule has 2 N–H and O–H groups in total. The number of methoxy groups -OCH3 is 1. The van der Waals surface area contributed by atoms with Gasteiger partial charge in [0.2, 0.25) is 0 Å². The Bertz CT molecular complexity index is 549. The number of ether oxygens (including phenoxy) is 1. The Hall–Kier alpha value is -0.360. The molecule has 30 heavy (non-hydrogen) atoms. The van der Waals surface area contributed by atoms with E-state index >= 15 is 0 Å². The number of esters is 1. The molecular formula is C24H43ClN3O2+. The van der Waals surface area contributed by atoms with E-state index in [1.165, 1.54) is 77.2 Å². The fraction of sp³-hybridized carbons (Fsp3) is 0.958. The molecule has 0 amide bonds. The molecule has 4 aliphatic rings. The van der Waals surface area contributed by atoms with Gasteiger partial charge in [0.25, 0.3) is 0 Å². The molecule has 172 valence electrons. The normalized spacial score (nSPS) is 36.5. The van der Waals surface area contributed by atoms with Gasteiger partial charge in [-0.3, -0.25) is 9.69 Å². The fourth-order valence-corrected chi connectivity index (χ4v) is 6.90. The fourth-order valence-electron chi connectivity index (χ4n) is 6.65. The van der Waals surface area contributed by atoms with E-state index in [4.69, 9.17) is 16.3 Å². The highest BCUT2D eigenvalue weighted by Gasteiger charge is 2.47. The Labute approximate surface area is 188 Å². The second-order valence-corrected chi connectivity index (χ2v) is 11.1. The first-order chi connectivity index (χ1) is 14.6. The number of alkyl halides is 1. The molecule has 0 radical (unpaired) electrons. The van der Waals surface area contributed by atoms with Gasteiger partial charge >= 0.3 is 5.97 Å². The molecule has 0 aromatic rings. The maximum atomic E-state index is 12.6. The zero-order valence-corrected chi connectivity index (χ0v) is 19.7. The molecule has 0 bridgehead atoms. The summed E-state index contributed by atoms with van der Waals surface area (Å²) in [6, 6.07) is 1.06. The lowest BCUT2D eigenvalue weighted by Crippen LogP contribution is -2.89. The predicted octanol–water partition coefficient (Wildman–Crippen LogP) is 2.97. The van der Waals surface area contributed by atoms with Crippen molar-refractivity contribution in [2.75, 3.05) is 33.4 Å². The van der Waals surface area contributed by atoms with Gasteiger partial charge in [-0.2, -0.15) is 0 Å². The van der Waals surface area contributed by atoms with Gasteiger partial charge in [-0.25, -0.2) is 4.90 Å². The Morgan fingerprint density at radius 3 is 2.53 bits per heavy atom. The van der Waals surface area contributed by atoms with Gasteiger partial charge in [0.15, 0.2) is 0 Å². The summed E-state index contributed by atoms with van der Waals surface area (Å²) in [7, 11) is 1.55. The smallest absolute Gasteiger partial charge is 0.323 e. The zero-order chi connectivity index (χ0) is 20.9. The number of rotatable bonds is 7. The van der Waals surface area contributed by atoms with Crippen LogP contribution in [0.15, 0.2) is 0 Å². The number of hydrogen-bond donors (Lipinski definition) is 1. The molecule has 0 spiro atoms. The first-order valence-corrected chi connectivity index (χ1v) is 13.1. The van der Waals surface area contributed by atoms with Crippen molar-refractivity contribution in [3.8, 4) is 0 Å². The Balaban J connectivity index is 1.32. The van der Waals surface area contributed by atoms with Crippen molar-refractivity contribution in [1.82, 2.24) is 9.80 Å². The van der Waals surface area contributed by atoms with Crippen LogP contribution in [0.25, 0.3) is 0 Å². The number of hydrogen-bond acceptors (Lipinski definition) is 4. The van der Waals surface area contributed by atoms with E-state index in [1.54, 1.807) is 7.11 Å². The van der Waals surface area contributed by atoms with Gasteiger partial charge in [0.05, 0.1) is 13.2 Å². The highest BCUT2D eigenvalue weighted by atomic mass is 35.5. The molecule has 0 aromatic carbocycles. The van der Waals surface area contributed by atoms with Crippen LogP contribution in [0.5, 0.6) is 0 Å². The molecule has 5 nitrogen and oxygen atoms in total. The number of likely N-dealkylation sites (tertiary alicyclic amines) is 1. The molecule has 2 heterocycles. The van der Waals surface area contributed by atoms with Crippen LogP contribution < -0.4 is 5.32 Å². The third-order valence-corrected chi connectivity index (χ3v) is 8.92. The average molecular weight is 441 g/mol. The van der Waals surface area contributed by atoms with Crippen molar-refractivity contribution in [3.05, 3.63) is 0 Å². The summed E-state index contributed by atoms with van der Waals surface area (Å²) in [6.07, 6.45) is 15.5. The number of carbonyl (C=O) groups excluding carboxylic acids is 1. The van der Waals surface area contributed by atoms with Crippen LogP contribution in [0, 0.1) is 11.8 Å². The summed E-state index contributed by atoms with van der Waals surface area (Å²) in [6.45, 7) is 4.36. The number of fused-ring (bicyclic) bond motifs is 1. The summed E-state index contributed by atoms with van der Waals surface area (Å²) in [4.78, 5) is 17.7. The predicted molar refractivity (Wildman–Crippen MR) is 120 cm³/mol. The highest BCUT2D eigenvalue weighted by molar-refractivity contribution is 6.20. The van der Waals surface area contributed by atoms with E-state index < -0.39 is 0 Å². The van der Waals surface area contributed by atoms with Crippen LogP contribution in [0.4, 0.5) is 0 Å². The quantitative estimate of drug-likeness (QED) is 0.488. The van der Waals surface area contributed by atoms with E-state index in [0.717, 1.165) is 38.0 Å². The summed E-state index contributed by atoms with van der Waals surface area (Å²) in [5.74, 6) is 1.69. The van der Waals surface area contributed by atoms with E-state index in [0.29, 0.717) is 17.5 Å². The van der Waals surface area contributed by atoms with Crippen molar-refractivity contribution < 1.29 is 14.8 Å². The number of halogens is 1. The molecular weight excluding hydrogens is 398 g/mol. The van der Waals surface area contributed by atoms with Crippen LogP contribution in [0.1, 0.15) is 77.0 Å². The average Bonchev–Trinajstić information content (AvgIpc) is 3.16. The third kappa shape index (κ3) is 5.70. The monoisotopic (exact) mass is 440 g/mol. The van der Waals surface area contributed by atoms with Gasteiger partial charge in [-0.1, -0.05) is 32.1 Å². The largest absolute Gasteiger partial charge is 0.468 e. The number of nitrogens with zero attached hydrogens (tertiary/aromatic N) is 2. The lowest BCUT2D eigenvalue weighted by molar-refractivity contribution is -0.678. The van der Waals surface area contributed by atoms with Crippen molar-refractivity contribution in [1.29, 1.82) is 0 Å². The molecule has 4 fully saturated rings. The molecule has 2 aliphatic carbocycles. The molecule has 0 aromatic heterocycles. The first-order valence-electron chi connectivity index (χ1n) is 12.7. The van der Waals surface area contributed by atoms with E-state index in [2.05, 4.69) is 15.1 Å². The van der Waals surface area contributed by atoms with Crippen LogP contribution in [-0.4, -0.2) is 72.7 Å². The lowest BCUT2D eigenvalue weighted by atomic mass is 9.85. The number of carbonyl (C=O) groups is 1. The van der Waals surface area contributed by atoms with Crippen molar-refractivity contribution in [3.63, 3.8) is 0 Å². The molecule has 6 heteroatoms. The Morgan fingerprint density at radius 1 is 1.03 bits per heavy atom. The maximum absolute atomic E-state index is 12.6. The topological polar surface area (TPSA) is 49.4 Å². The summed E-state index contributed by atoms with van der Waals surface area (Å²) < 4.78 is 5.20. The maximum Gasteiger partial charge on any atom is 0.323 e. The highest BCUT2D eigenvalue weighted by Crippen LogP contribution is 2.31. The Kier molecular flexibility index (Phi) is 8.35. The van der Waals surface area contributed by atoms with Crippen LogP contribution in [0.3, 0.4) is 0 Å². The minimum atomic E-state index is -0.0505. The van der Waals surface area contributed by atoms with Gasteiger partial charge in [-0.05, 0) is 56.9 Å². The van der Waals surface area contributed by atoms with E-state index in [-0.39, 0.29) is 12.0 Å². The molecule has 2 aliphatic heterocycles. The molecule has 2 saturated heterocycles. The van der Waals surface area contributed by atoms with Crippen molar-refractivity contribution in [2.24, 2.45) is 11.8 Å². The Morgan fingerprint density at radius 2 is 1.80 bits per heavy atom. The van der Waals surface area contributed by atoms with Crippen LogP contribution in [-0.2, 0) is 9.53 Å². The summed E-state index contributed by atoms with van der Waals surface area (Å²) >= 11 is 6.32. The van der Waals surface area contributed by atoms with Crippen LogP contribution in [0.2, 0.25) is 0 Å². The van der Waals surface area contributed by atoms with E-state index in [9.17, 15) is 4.79 Å². The van der Waals surface area contributed by atoms with Gasteiger partial charge in [0, 0.05) is 24.9 Å². The summed E-state index contributed by atoms with van der Waals surface area (Å²) in [5, 5.41) is 2.88. The minimum Gasteiger partial charge on any atom is -0.468 e. The molecule has 3 atom stereocenters. The zero-order valence-electron chi connectivity index (χ0n) is 18.9. The molecule has 4 rings (SSSR count). The first kappa shape index (κ1) is 22.8. The van der Waals surface area contributed by atoms with Gasteiger partial charge in [-0.15, -0.1) is 11.6 Å². The van der Waals surface area contributed by atoms with Crippen LogP contribution >= 0.6 is 11.6 Å². The lowest BCUT2D eigenvalue weighted by Gasteiger charge is -2.41. The second-order valence-electron chi connectivity index (χ2n) is 10.5. The standard InChI is InChI=1S/C24H42ClN3O2/c1-30-24(29)22-14-21-23(16-27(22)13-5-8-18-6-3-2-4-7-18)28(17-26-21)15-19-9-11-20(25)12-10-19/h18-23,26H,2-17H2,1H3/p+1/t19?,20?,21?,22-,23?/m1/s1. The molecule has 2 saturated carbocycles.